The lowest BCUT2D eigenvalue weighted by molar-refractivity contribution is -0.124. The Balaban J connectivity index is 1.87. The normalized spacial score (nSPS) is 11.6. The molecule has 2 aromatic carbocycles. The van der Waals surface area contributed by atoms with E-state index in [0.29, 0.717) is 10.0 Å². The molecule has 0 saturated heterocycles. The van der Waals surface area contributed by atoms with Crippen molar-refractivity contribution in [3.63, 3.8) is 0 Å². The van der Waals surface area contributed by atoms with Gasteiger partial charge in [-0.15, -0.1) is 0 Å². The van der Waals surface area contributed by atoms with Gasteiger partial charge in [-0.3, -0.25) is 4.79 Å². The molecule has 0 spiro atoms. The smallest absolute Gasteiger partial charge is 0.338 e. The quantitative estimate of drug-likeness (QED) is 0.789. The summed E-state index contributed by atoms with van der Waals surface area (Å²) in [5.74, 6) is -1.05. The number of halogens is 2. The highest BCUT2D eigenvalue weighted by atomic mass is 35.5. The Labute approximate surface area is 149 Å². The van der Waals surface area contributed by atoms with Crippen LogP contribution >= 0.6 is 23.2 Å². The van der Waals surface area contributed by atoms with Crippen LogP contribution in [0.15, 0.2) is 42.5 Å². The molecule has 0 fully saturated rings. The van der Waals surface area contributed by atoms with Crippen molar-refractivity contribution >= 4 is 35.1 Å². The van der Waals surface area contributed by atoms with Gasteiger partial charge in [0.1, 0.15) is 5.75 Å². The first-order chi connectivity index (χ1) is 11.4. The zero-order valence-electron chi connectivity index (χ0n) is 12.8. The molecule has 0 unspecified atom stereocenters. The molecule has 1 atom stereocenters. The van der Waals surface area contributed by atoms with E-state index in [9.17, 15) is 9.59 Å². The lowest BCUT2D eigenvalue weighted by Crippen LogP contribution is -2.31. The molecule has 2 rings (SSSR count). The van der Waals surface area contributed by atoms with Crippen molar-refractivity contribution in [3.05, 3.63) is 63.6 Å². The van der Waals surface area contributed by atoms with E-state index in [1.807, 2.05) is 0 Å². The SMILES string of the molecule is C[C@H](NC(=O)COC(=O)c1ccc(O)cc1)c1ccc(Cl)c(Cl)c1. The second-order valence-corrected chi connectivity index (χ2v) is 5.90. The van der Waals surface area contributed by atoms with Crippen LogP contribution in [-0.2, 0) is 9.53 Å². The maximum atomic E-state index is 11.9. The molecular formula is C17H15Cl2NO4. The first kappa shape index (κ1) is 18.1. The molecule has 126 valence electrons. The van der Waals surface area contributed by atoms with Gasteiger partial charge in [-0.2, -0.15) is 0 Å². The summed E-state index contributed by atoms with van der Waals surface area (Å²) in [6.45, 7) is 1.37. The maximum absolute atomic E-state index is 11.9. The molecular weight excluding hydrogens is 353 g/mol. The molecule has 0 radical (unpaired) electrons. The van der Waals surface area contributed by atoms with Crippen molar-refractivity contribution < 1.29 is 19.4 Å². The van der Waals surface area contributed by atoms with E-state index in [1.165, 1.54) is 24.3 Å². The molecule has 7 heteroatoms. The fourth-order valence-corrected chi connectivity index (χ4v) is 2.27. The summed E-state index contributed by atoms with van der Waals surface area (Å²) >= 11 is 11.8. The van der Waals surface area contributed by atoms with Crippen molar-refractivity contribution in [1.29, 1.82) is 0 Å². The molecule has 0 aliphatic rings. The number of nitrogens with one attached hydrogen (secondary N) is 1. The van der Waals surface area contributed by atoms with E-state index in [0.717, 1.165) is 5.56 Å². The third-order valence-corrected chi connectivity index (χ3v) is 4.00. The molecule has 0 heterocycles. The minimum Gasteiger partial charge on any atom is -0.508 e. The Morgan fingerprint density at radius 1 is 1.12 bits per heavy atom. The molecule has 0 aliphatic carbocycles. The number of amides is 1. The molecule has 0 saturated carbocycles. The first-order valence-corrected chi connectivity index (χ1v) is 7.83. The van der Waals surface area contributed by atoms with Crippen LogP contribution in [0.5, 0.6) is 5.75 Å². The number of aromatic hydroxyl groups is 1. The summed E-state index contributed by atoms with van der Waals surface area (Å²) in [6.07, 6.45) is 0. The Morgan fingerprint density at radius 3 is 2.42 bits per heavy atom. The van der Waals surface area contributed by atoms with Gasteiger partial charge in [-0.05, 0) is 48.9 Å². The van der Waals surface area contributed by atoms with E-state index in [4.69, 9.17) is 33.0 Å². The summed E-state index contributed by atoms with van der Waals surface area (Å²) in [7, 11) is 0. The third kappa shape index (κ3) is 4.88. The van der Waals surface area contributed by atoms with Crippen molar-refractivity contribution in [2.45, 2.75) is 13.0 Å². The van der Waals surface area contributed by atoms with Crippen LogP contribution in [-0.4, -0.2) is 23.6 Å². The van der Waals surface area contributed by atoms with Gasteiger partial charge in [0, 0.05) is 0 Å². The van der Waals surface area contributed by atoms with Crippen LogP contribution in [0.25, 0.3) is 0 Å². The number of rotatable bonds is 5. The summed E-state index contributed by atoms with van der Waals surface area (Å²) in [5.41, 5.74) is 1.03. The molecule has 2 N–H and O–H groups in total. The summed E-state index contributed by atoms with van der Waals surface area (Å²) in [4.78, 5) is 23.7. The Hall–Kier alpha value is -2.24. The number of carbonyl (C=O) groups is 2. The number of benzene rings is 2. The van der Waals surface area contributed by atoms with Gasteiger partial charge >= 0.3 is 5.97 Å². The number of ether oxygens (including phenoxy) is 1. The number of phenolic OH excluding ortho intramolecular Hbond substituents is 1. The largest absolute Gasteiger partial charge is 0.508 e. The standard InChI is InChI=1S/C17H15Cl2NO4/c1-10(12-4-7-14(18)15(19)8-12)20-16(22)9-24-17(23)11-2-5-13(21)6-3-11/h2-8,10,21H,9H2,1H3,(H,20,22)/t10-/m0/s1. The highest BCUT2D eigenvalue weighted by Gasteiger charge is 2.14. The van der Waals surface area contributed by atoms with Gasteiger partial charge in [0.2, 0.25) is 0 Å². The molecule has 0 aromatic heterocycles. The first-order valence-electron chi connectivity index (χ1n) is 7.07. The van der Waals surface area contributed by atoms with E-state index in [1.54, 1.807) is 25.1 Å². The topological polar surface area (TPSA) is 75.6 Å². The molecule has 0 aliphatic heterocycles. The zero-order valence-corrected chi connectivity index (χ0v) is 14.3. The minimum atomic E-state index is -0.646. The molecule has 5 nitrogen and oxygen atoms in total. The summed E-state index contributed by atoms with van der Waals surface area (Å²) < 4.78 is 4.93. The second-order valence-electron chi connectivity index (χ2n) is 5.09. The van der Waals surface area contributed by atoms with Gasteiger partial charge in [0.25, 0.3) is 5.91 Å². The predicted octanol–water partition coefficient (Wildman–Crippen LogP) is 3.73. The average Bonchev–Trinajstić information content (AvgIpc) is 2.55. The highest BCUT2D eigenvalue weighted by molar-refractivity contribution is 6.42. The third-order valence-electron chi connectivity index (χ3n) is 3.26. The zero-order chi connectivity index (χ0) is 17.7. The second kappa shape index (κ2) is 8.04. The van der Waals surface area contributed by atoms with Gasteiger partial charge in [-0.25, -0.2) is 4.79 Å². The summed E-state index contributed by atoms with van der Waals surface area (Å²) in [5, 5.41) is 12.7. The van der Waals surface area contributed by atoms with Gasteiger partial charge in [0.15, 0.2) is 6.61 Å². The van der Waals surface area contributed by atoms with Crippen LogP contribution in [0, 0.1) is 0 Å². The monoisotopic (exact) mass is 367 g/mol. The van der Waals surface area contributed by atoms with Crippen LogP contribution in [0.1, 0.15) is 28.9 Å². The molecule has 1 amide bonds. The van der Waals surface area contributed by atoms with Gasteiger partial charge in [0.05, 0.1) is 21.7 Å². The maximum Gasteiger partial charge on any atom is 0.338 e. The molecule has 2 aromatic rings. The van der Waals surface area contributed by atoms with Crippen LogP contribution in [0.4, 0.5) is 0 Å². The fraction of sp³-hybridized carbons (Fsp3) is 0.176. The van der Waals surface area contributed by atoms with Crippen molar-refractivity contribution in [1.82, 2.24) is 5.32 Å². The fourth-order valence-electron chi connectivity index (χ4n) is 1.96. The van der Waals surface area contributed by atoms with E-state index >= 15 is 0 Å². The van der Waals surface area contributed by atoms with Crippen LogP contribution < -0.4 is 5.32 Å². The van der Waals surface area contributed by atoms with Crippen molar-refractivity contribution in [2.75, 3.05) is 6.61 Å². The van der Waals surface area contributed by atoms with Crippen molar-refractivity contribution in [2.24, 2.45) is 0 Å². The van der Waals surface area contributed by atoms with Gasteiger partial charge < -0.3 is 15.2 Å². The minimum absolute atomic E-state index is 0.0414. The van der Waals surface area contributed by atoms with Gasteiger partial charge in [-0.1, -0.05) is 29.3 Å². The Bertz CT molecular complexity index is 747. The number of hydrogen-bond acceptors (Lipinski definition) is 4. The molecule has 0 bridgehead atoms. The van der Waals surface area contributed by atoms with E-state index in [2.05, 4.69) is 5.32 Å². The predicted molar refractivity (Wildman–Crippen MR) is 91.4 cm³/mol. The Morgan fingerprint density at radius 2 is 1.79 bits per heavy atom. The number of phenols is 1. The summed E-state index contributed by atoms with van der Waals surface area (Å²) in [6, 6.07) is 10.3. The average molecular weight is 368 g/mol. The lowest BCUT2D eigenvalue weighted by Gasteiger charge is -2.15. The number of esters is 1. The molecule has 24 heavy (non-hydrogen) atoms. The number of hydrogen-bond donors (Lipinski definition) is 2. The van der Waals surface area contributed by atoms with E-state index in [-0.39, 0.29) is 17.4 Å². The number of carbonyl (C=O) groups excluding carboxylic acids is 2. The highest BCUT2D eigenvalue weighted by Crippen LogP contribution is 2.25. The Kier molecular flexibility index (Phi) is 6.06. The van der Waals surface area contributed by atoms with Crippen molar-refractivity contribution in [3.8, 4) is 5.75 Å². The van der Waals surface area contributed by atoms with E-state index < -0.39 is 18.5 Å². The lowest BCUT2D eigenvalue weighted by atomic mass is 10.1. The van der Waals surface area contributed by atoms with Crippen LogP contribution in [0.2, 0.25) is 10.0 Å². The van der Waals surface area contributed by atoms with Crippen LogP contribution in [0.3, 0.4) is 0 Å².